The molecule has 0 radical (unpaired) electrons. The minimum Gasteiger partial charge on any atom is -0.443 e. The number of amides is 4. The lowest BCUT2D eigenvalue weighted by Gasteiger charge is -2.28. The molecule has 2 aromatic rings. The van der Waals surface area contributed by atoms with Crippen LogP contribution < -0.4 is 16.0 Å². The second-order valence-electron chi connectivity index (χ2n) is 9.52. The van der Waals surface area contributed by atoms with Gasteiger partial charge in [-0.15, -0.1) is 0 Å². The molecule has 182 valence electrons. The van der Waals surface area contributed by atoms with Crippen LogP contribution in [0.4, 0.5) is 4.79 Å². The summed E-state index contributed by atoms with van der Waals surface area (Å²) in [5.41, 5.74) is 0.971. The van der Waals surface area contributed by atoms with Crippen molar-refractivity contribution in [2.24, 2.45) is 5.92 Å². The number of likely N-dealkylation sites (tertiary alicyclic amines) is 1. The molecule has 1 aliphatic carbocycles. The minimum atomic E-state index is -0.432. The Balaban J connectivity index is 1.37. The first-order valence-electron chi connectivity index (χ1n) is 12.1. The molecule has 34 heavy (non-hydrogen) atoms. The fraction of sp³-hybridized carbons (Fsp3) is 0.520. The Morgan fingerprint density at radius 1 is 1.15 bits per heavy atom. The summed E-state index contributed by atoms with van der Waals surface area (Å²) in [5.74, 6) is 0.285. The first-order valence-corrected chi connectivity index (χ1v) is 12.1. The van der Waals surface area contributed by atoms with Crippen LogP contribution >= 0.6 is 0 Å². The highest BCUT2D eigenvalue weighted by Gasteiger charge is 2.37. The van der Waals surface area contributed by atoms with Crippen molar-refractivity contribution in [2.45, 2.75) is 64.1 Å². The average molecular weight is 468 g/mol. The number of oxazole rings is 1. The van der Waals surface area contributed by atoms with Crippen LogP contribution in [-0.4, -0.2) is 58.9 Å². The number of aromatic nitrogens is 1. The molecule has 4 amide bonds. The predicted molar refractivity (Wildman–Crippen MR) is 127 cm³/mol. The standard InChI is InChI=1S/C25H33N5O4/c1-16(2)13-19(29-25(33)30-12-6-9-20(30)23(31)28-18-10-11-18)14-26-24(32)21-22(34-15-27-21)17-7-4-3-5-8-17/h3-5,7-8,15-16,18-20H,6,9-14H2,1-2H3,(H,26,32)(H,28,31)(H,29,33)/t19-,20?/m0/s1. The van der Waals surface area contributed by atoms with Gasteiger partial charge < -0.3 is 25.3 Å². The average Bonchev–Trinajstić information content (AvgIpc) is 3.28. The summed E-state index contributed by atoms with van der Waals surface area (Å²) in [4.78, 5) is 44.2. The topological polar surface area (TPSA) is 117 Å². The third kappa shape index (κ3) is 5.95. The number of benzene rings is 1. The molecule has 1 saturated carbocycles. The lowest BCUT2D eigenvalue weighted by atomic mass is 10.0. The molecule has 1 aromatic carbocycles. The van der Waals surface area contributed by atoms with Crippen LogP contribution in [0, 0.1) is 5.92 Å². The molecule has 0 spiro atoms. The van der Waals surface area contributed by atoms with Gasteiger partial charge in [-0.2, -0.15) is 0 Å². The number of rotatable bonds is 9. The van der Waals surface area contributed by atoms with Gasteiger partial charge >= 0.3 is 6.03 Å². The Labute approximate surface area is 199 Å². The highest BCUT2D eigenvalue weighted by atomic mass is 16.3. The van der Waals surface area contributed by atoms with E-state index in [0.717, 1.165) is 24.8 Å². The molecule has 1 unspecified atom stereocenters. The monoisotopic (exact) mass is 467 g/mol. The molecular weight excluding hydrogens is 434 g/mol. The van der Waals surface area contributed by atoms with Crippen molar-refractivity contribution in [3.05, 3.63) is 42.4 Å². The van der Waals surface area contributed by atoms with Gasteiger partial charge in [0.2, 0.25) is 5.91 Å². The Hall–Kier alpha value is -3.36. The predicted octanol–water partition coefficient (Wildman–Crippen LogP) is 2.94. The number of hydrogen-bond donors (Lipinski definition) is 3. The summed E-state index contributed by atoms with van der Waals surface area (Å²) >= 11 is 0. The van der Waals surface area contributed by atoms with Gasteiger partial charge in [0.15, 0.2) is 17.8 Å². The van der Waals surface area contributed by atoms with Gasteiger partial charge in [-0.05, 0) is 38.0 Å². The van der Waals surface area contributed by atoms with Gasteiger partial charge in [-0.1, -0.05) is 44.2 Å². The zero-order valence-electron chi connectivity index (χ0n) is 19.8. The fourth-order valence-corrected chi connectivity index (χ4v) is 4.33. The van der Waals surface area contributed by atoms with Gasteiger partial charge in [0.1, 0.15) is 6.04 Å². The van der Waals surface area contributed by atoms with E-state index >= 15 is 0 Å². The number of carbonyl (C=O) groups excluding carboxylic acids is 3. The van der Waals surface area contributed by atoms with Crippen LogP contribution in [0.15, 0.2) is 41.1 Å². The smallest absolute Gasteiger partial charge is 0.318 e. The Morgan fingerprint density at radius 2 is 1.91 bits per heavy atom. The third-order valence-corrected chi connectivity index (χ3v) is 6.15. The fourth-order valence-electron chi connectivity index (χ4n) is 4.33. The number of hydrogen-bond acceptors (Lipinski definition) is 5. The summed E-state index contributed by atoms with van der Waals surface area (Å²) < 4.78 is 5.46. The molecule has 2 aliphatic rings. The lowest BCUT2D eigenvalue weighted by molar-refractivity contribution is -0.124. The van der Waals surface area contributed by atoms with Crippen LogP contribution in [0.3, 0.4) is 0 Å². The van der Waals surface area contributed by atoms with Crippen molar-refractivity contribution in [1.82, 2.24) is 25.8 Å². The van der Waals surface area contributed by atoms with Crippen molar-refractivity contribution in [2.75, 3.05) is 13.1 Å². The van der Waals surface area contributed by atoms with Gasteiger partial charge in [-0.25, -0.2) is 9.78 Å². The number of urea groups is 1. The molecule has 1 aromatic heterocycles. The van der Waals surface area contributed by atoms with Crippen molar-refractivity contribution in [3.8, 4) is 11.3 Å². The largest absolute Gasteiger partial charge is 0.443 e. The summed E-state index contributed by atoms with van der Waals surface area (Å²) in [6, 6.07) is 8.61. The maximum atomic E-state index is 13.1. The number of carbonyl (C=O) groups is 3. The summed E-state index contributed by atoms with van der Waals surface area (Å²) in [7, 11) is 0. The molecule has 2 heterocycles. The quantitative estimate of drug-likeness (QED) is 0.524. The highest BCUT2D eigenvalue weighted by Crippen LogP contribution is 2.24. The van der Waals surface area contributed by atoms with Crippen molar-refractivity contribution >= 4 is 17.8 Å². The zero-order valence-corrected chi connectivity index (χ0v) is 19.8. The van der Waals surface area contributed by atoms with E-state index in [2.05, 4.69) is 34.8 Å². The minimum absolute atomic E-state index is 0.0664. The Kier molecular flexibility index (Phi) is 7.49. The van der Waals surface area contributed by atoms with Crippen molar-refractivity contribution < 1.29 is 18.8 Å². The van der Waals surface area contributed by atoms with E-state index in [9.17, 15) is 14.4 Å². The van der Waals surface area contributed by atoms with E-state index < -0.39 is 6.04 Å². The Morgan fingerprint density at radius 3 is 2.62 bits per heavy atom. The molecule has 9 heteroatoms. The second kappa shape index (κ2) is 10.7. The highest BCUT2D eigenvalue weighted by molar-refractivity contribution is 5.97. The molecule has 2 atom stereocenters. The van der Waals surface area contributed by atoms with Gasteiger partial charge in [0.25, 0.3) is 5.91 Å². The van der Waals surface area contributed by atoms with Gasteiger partial charge in [0, 0.05) is 30.7 Å². The first-order chi connectivity index (χ1) is 16.4. The molecule has 2 fully saturated rings. The van der Waals surface area contributed by atoms with E-state index in [1.54, 1.807) is 4.90 Å². The van der Waals surface area contributed by atoms with Gasteiger partial charge in [0.05, 0.1) is 0 Å². The van der Waals surface area contributed by atoms with E-state index in [1.807, 2.05) is 30.3 Å². The van der Waals surface area contributed by atoms with Crippen LogP contribution in [0.2, 0.25) is 0 Å². The second-order valence-corrected chi connectivity index (χ2v) is 9.52. The van der Waals surface area contributed by atoms with E-state index in [1.165, 1.54) is 6.39 Å². The maximum absolute atomic E-state index is 13.1. The number of nitrogens with zero attached hydrogens (tertiary/aromatic N) is 2. The van der Waals surface area contributed by atoms with E-state index in [-0.39, 0.29) is 42.2 Å². The summed E-state index contributed by atoms with van der Waals surface area (Å²) in [5, 5.41) is 8.94. The molecular formula is C25H33N5O4. The molecule has 1 saturated heterocycles. The molecule has 0 bridgehead atoms. The van der Waals surface area contributed by atoms with Crippen LogP contribution in [0.5, 0.6) is 0 Å². The first kappa shape index (κ1) is 23.8. The van der Waals surface area contributed by atoms with Crippen LogP contribution in [-0.2, 0) is 4.79 Å². The molecule has 4 rings (SSSR count). The maximum Gasteiger partial charge on any atom is 0.318 e. The normalized spacial score (nSPS) is 18.6. The Bertz CT molecular complexity index is 1000. The van der Waals surface area contributed by atoms with Gasteiger partial charge in [-0.3, -0.25) is 9.59 Å². The SMILES string of the molecule is CC(C)C[C@@H](CNC(=O)c1ncoc1-c1ccccc1)NC(=O)N1CCCC1C(=O)NC1CC1. The molecule has 9 nitrogen and oxygen atoms in total. The summed E-state index contributed by atoms with van der Waals surface area (Å²) in [6.45, 7) is 4.92. The van der Waals surface area contributed by atoms with Crippen LogP contribution in [0.1, 0.15) is 56.4 Å². The summed E-state index contributed by atoms with van der Waals surface area (Å²) in [6.07, 6.45) is 5.44. The third-order valence-electron chi connectivity index (χ3n) is 6.15. The van der Waals surface area contributed by atoms with E-state index in [0.29, 0.717) is 31.1 Å². The van der Waals surface area contributed by atoms with Crippen molar-refractivity contribution in [1.29, 1.82) is 0 Å². The lowest BCUT2D eigenvalue weighted by Crippen LogP contribution is -2.54. The van der Waals surface area contributed by atoms with Crippen molar-refractivity contribution in [3.63, 3.8) is 0 Å². The zero-order chi connectivity index (χ0) is 24.1. The molecule has 1 aliphatic heterocycles. The molecule has 3 N–H and O–H groups in total. The van der Waals surface area contributed by atoms with E-state index in [4.69, 9.17) is 4.42 Å². The number of nitrogens with one attached hydrogen (secondary N) is 3. The van der Waals surface area contributed by atoms with Crippen LogP contribution in [0.25, 0.3) is 11.3 Å².